The molecule has 0 bridgehead atoms. The van der Waals surface area contributed by atoms with Crippen LogP contribution in [0.2, 0.25) is 0 Å². The predicted octanol–water partition coefficient (Wildman–Crippen LogP) is 3.43. The number of fused-ring (bicyclic) bond motifs is 1. The molecule has 0 atom stereocenters. The van der Waals surface area contributed by atoms with Crippen LogP contribution in [0.25, 0.3) is 11.0 Å². The molecule has 0 spiro atoms. The van der Waals surface area contributed by atoms with Crippen molar-refractivity contribution in [1.29, 1.82) is 0 Å². The molecule has 2 N–H and O–H groups in total. The molecule has 3 aromatic rings. The van der Waals surface area contributed by atoms with Crippen LogP contribution >= 0.6 is 11.8 Å². The van der Waals surface area contributed by atoms with Crippen molar-refractivity contribution >= 4 is 34.5 Å². The summed E-state index contributed by atoms with van der Waals surface area (Å²) >= 11 is 1.60. The molecule has 1 amide bonds. The topological polar surface area (TPSA) is 84.7 Å². The SMILES string of the molecule is CCSc1nc(NC(C)C)c2cnn(CCNC(=O)Cc3cccc(C)c3)c2n1. The smallest absolute Gasteiger partial charge is 0.224 e. The lowest BCUT2D eigenvalue weighted by Crippen LogP contribution is -2.29. The number of thioether (sulfide) groups is 1. The van der Waals surface area contributed by atoms with Crippen molar-refractivity contribution in [2.45, 2.75) is 51.9 Å². The Morgan fingerprint density at radius 2 is 2.10 bits per heavy atom. The Labute approximate surface area is 175 Å². The third-order valence-electron chi connectivity index (χ3n) is 4.27. The Kier molecular flexibility index (Phi) is 7.09. The minimum absolute atomic E-state index is 0.00563. The van der Waals surface area contributed by atoms with Gasteiger partial charge in [-0.05, 0) is 32.1 Å². The van der Waals surface area contributed by atoms with E-state index in [9.17, 15) is 4.79 Å². The average Bonchev–Trinajstić information content (AvgIpc) is 3.05. The van der Waals surface area contributed by atoms with E-state index in [4.69, 9.17) is 0 Å². The molecule has 0 aliphatic heterocycles. The first-order chi connectivity index (χ1) is 14.0. The third kappa shape index (κ3) is 5.69. The summed E-state index contributed by atoms with van der Waals surface area (Å²) in [5, 5.41) is 12.4. The molecule has 0 fully saturated rings. The van der Waals surface area contributed by atoms with Gasteiger partial charge in [-0.25, -0.2) is 14.6 Å². The molecule has 1 aromatic carbocycles. The van der Waals surface area contributed by atoms with Gasteiger partial charge >= 0.3 is 0 Å². The molecule has 8 heteroatoms. The van der Waals surface area contributed by atoms with Crippen LogP contribution in [0.15, 0.2) is 35.6 Å². The Morgan fingerprint density at radius 3 is 2.83 bits per heavy atom. The highest BCUT2D eigenvalue weighted by atomic mass is 32.2. The van der Waals surface area contributed by atoms with Gasteiger partial charge < -0.3 is 10.6 Å². The van der Waals surface area contributed by atoms with Crippen molar-refractivity contribution in [3.63, 3.8) is 0 Å². The van der Waals surface area contributed by atoms with Crippen LogP contribution in [0.3, 0.4) is 0 Å². The van der Waals surface area contributed by atoms with Crippen LogP contribution in [-0.4, -0.2) is 44.0 Å². The first-order valence-corrected chi connectivity index (χ1v) is 10.9. The second-order valence-corrected chi connectivity index (χ2v) is 8.44. The van der Waals surface area contributed by atoms with E-state index in [1.807, 2.05) is 35.9 Å². The number of benzene rings is 1. The Bertz CT molecular complexity index is 984. The van der Waals surface area contributed by atoms with E-state index in [1.54, 1.807) is 18.0 Å². The van der Waals surface area contributed by atoms with E-state index >= 15 is 0 Å². The van der Waals surface area contributed by atoms with Gasteiger partial charge in [-0.1, -0.05) is 48.5 Å². The zero-order valence-corrected chi connectivity index (χ0v) is 18.2. The minimum atomic E-state index is 0.00563. The minimum Gasteiger partial charge on any atom is -0.367 e. The molecule has 29 heavy (non-hydrogen) atoms. The lowest BCUT2D eigenvalue weighted by molar-refractivity contribution is -0.120. The molecular formula is C21H28N6OS. The van der Waals surface area contributed by atoms with E-state index in [-0.39, 0.29) is 11.9 Å². The van der Waals surface area contributed by atoms with Crippen LogP contribution in [0, 0.1) is 6.92 Å². The summed E-state index contributed by atoms with van der Waals surface area (Å²) < 4.78 is 1.83. The van der Waals surface area contributed by atoms with Crippen molar-refractivity contribution < 1.29 is 4.79 Å². The maximum absolute atomic E-state index is 12.3. The normalized spacial score (nSPS) is 11.2. The predicted molar refractivity (Wildman–Crippen MR) is 118 cm³/mol. The second-order valence-electron chi connectivity index (χ2n) is 7.21. The van der Waals surface area contributed by atoms with Crippen molar-refractivity contribution in [3.05, 3.63) is 41.6 Å². The summed E-state index contributed by atoms with van der Waals surface area (Å²) in [5.41, 5.74) is 2.96. The number of aromatic nitrogens is 4. The van der Waals surface area contributed by atoms with Gasteiger partial charge in [0.25, 0.3) is 0 Å². The number of carbonyl (C=O) groups excluding carboxylic acids is 1. The van der Waals surface area contributed by atoms with Crippen LogP contribution in [0.5, 0.6) is 0 Å². The molecule has 2 heterocycles. The fraction of sp³-hybridized carbons (Fsp3) is 0.429. The van der Waals surface area contributed by atoms with Gasteiger partial charge in [-0.3, -0.25) is 4.79 Å². The highest BCUT2D eigenvalue weighted by molar-refractivity contribution is 7.99. The maximum atomic E-state index is 12.3. The number of rotatable bonds is 9. The Morgan fingerprint density at radius 1 is 1.28 bits per heavy atom. The van der Waals surface area contributed by atoms with Crippen molar-refractivity contribution in [1.82, 2.24) is 25.1 Å². The fourth-order valence-electron chi connectivity index (χ4n) is 3.05. The zero-order valence-electron chi connectivity index (χ0n) is 17.4. The van der Waals surface area contributed by atoms with Crippen molar-refractivity contribution in [2.75, 3.05) is 17.6 Å². The lowest BCUT2D eigenvalue weighted by atomic mass is 10.1. The standard InChI is InChI=1S/C21H28N6OS/c1-5-29-21-25-19(24-14(2)3)17-13-23-27(20(17)26-21)10-9-22-18(28)12-16-8-6-7-15(4)11-16/h6-8,11,13-14H,5,9-10,12H2,1-4H3,(H,22,28)(H,24,25,26). The Balaban J connectivity index is 1.68. The molecule has 0 saturated heterocycles. The van der Waals surface area contributed by atoms with Gasteiger partial charge in [0, 0.05) is 12.6 Å². The summed E-state index contributed by atoms with van der Waals surface area (Å²) in [6.07, 6.45) is 2.17. The van der Waals surface area contributed by atoms with Crippen LogP contribution in [0.1, 0.15) is 31.9 Å². The van der Waals surface area contributed by atoms with Crippen molar-refractivity contribution in [2.24, 2.45) is 0 Å². The molecule has 154 valence electrons. The molecule has 7 nitrogen and oxygen atoms in total. The summed E-state index contributed by atoms with van der Waals surface area (Å²) in [6.45, 7) is 9.31. The van der Waals surface area contributed by atoms with Gasteiger partial charge in [0.1, 0.15) is 5.82 Å². The number of hydrogen-bond donors (Lipinski definition) is 2. The maximum Gasteiger partial charge on any atom is 0.224 e. The van der Waals surface area contributed by atoms with E-state index in [0.29, 0.717) is 19.5 Å². The Hall–Kier alpha value is -2.61. The molecule has 3 rings (SSSR count). The first kappa shape index (κ1) is 21.1. The summed E-state index contributed by atoms with van der Waals surface area (Å²) in [6, 6.07) is 8.27. The molecule has 0 aliphatic rings. The lowest BCUT2D eigenvalue weighted by Gasteiger charge is -2.12. The van der Waals surface area contributed by atoms with E-state index in [1.165, 1.54) is 0 Å². The number of aryl methyl sites for hydroxylation is 1. The summed E-state index contributed by atoms with van der Waals surface area (Å²) in [5.74, 6) is 1.71. The van der Waals surface area contributed by atoms with Crippen LogP contribution in [0.4, 0.5) is 5.82 Å². The van der Waals surface area contributed by atoms with Gasteiger partial charge in [-0.15, -0.1) is 0 Å². The summed E-state index contributed by atoms with van der Waals surface area (Å²) in [4.78, 5) is 21.5. The number of nitrogens with zero attached hydrogens (tertiary/aromatic N) is 4. The highest BCUT2D eigenvalue weighted by Gasteiger charge is 2.14. The first-order valence-electron chi connectivity index (χ1n) is 9.91. The zero-order chi connectivity index (χ0) is 20.8. The van der Waals surface area contributed by atoms with Crippen LogP contribution < -0.4 is 10.6 Å². The van der Waals surface area contributed by atoms with Gasteiger partial charge in [0.2, 0.25) is 5.91 Å². The molecule has 0 radical (unpaired) electrons. The van der Waals surface area contributed by atoms with E-state index in [2.05, 4.69) is 46.5 Å². The van der Waals surface area contributed by atoms with Crippen LogP contribution in [-0.2, 0) is 17.8 Å². The third-order valence-corrected chi connectivity index (χ3v) is 5.00. The number of carbonyl (C=O) groups is 1. The van der Waals surface area contributed by atoms with Gasteiger partial charge in [-0.2, -0.15) is 5.10 Å². The van der Waals surface area contributed by atoms with E-state index in [0.717, 1.165) is 38.9 Å². The second kappa shape index (κ2) is 9.73. The monoisotopic (exact) mass is 412 g/mol. The van der Waals surface area contributed by atoms with Gasteiger partial charge in [0.15, 0.2) is 10.8 Å². The molecular weight excluding hydrogens is 384 g/mol. The van der Waals surface area contributed by atoms with Gasteiger partial charge in [0.05, 0.1) is 24.5 Å². The molecule has 2 aromatic heterocycles. The fourth-order valence-corrected chi connectivity index (χ4v) is 3.61. The number of nitrogens with one attached hydrogen (secondary N) is 2. The average molecular weight is 413 g/mol. The molecule has 0 aliphatic carbocycles. The number of amides is 1. The molecule has 0 saturated carbocycles. The summed E-state index contributed by atoms with van der Waals surface area (Å²) in [7, 11) is 0. The van der Waals surface area contributed by atoms with Crippen molar-refractivity contribution in [3.8, 4) is 0 Å². The number of anilines is 1. The quantitative estimate of drug-likeness (QED) is 0.414. The largest absolute Gasteiger partial charge is 0.367 e. The van der Waals surface area contributed by atoms with E-state index < -0.39 is 0 Å². The number of hydrogen-bond acceptors (Lipinski definition) is 6. The highest BCUT2D eigenvalue weighted by Crippen LogP contribution is 2.24. The molecule has 0 unspecified atom stereocenters.